The van der Waals surface area contributed by atoms with Gasteiger partial charge in [0, 0.05) is 0 Å². The van der Waals surface area contributed by atoms with Crippen LogP contribution in [0, 0.1) is 0 Å². The summed E-state index contributed by atoms with van der Waals surface area (Å²) >= 11 is -2.11. The fourth-order valence-electron chi connectivity index (χ4n) is 0.799. The Labute approximate surface area is 76.2 Å². The fraction of sp³-hybridized carbons (Fsp3) is 0.111. The molecule has 1 rings (SSSR count). The first kappa shape index (κ1) is 9.33. The van der Waals surface area contributed by atoms with Crippen LogP contribution in [-0.2, 0) is 3.83 Å². The zero-order valence-electron chi connectivity index (χ0n) is 6.64. The van der Waals surface area contributed by atoms with Crippen LogP contribution >= 0.6 is 0 Å². The molecule has 1 aromatic rings. The molecule has 2 N–H and O–H groups in total. The average molecular weight is 228 g/mol. The maximum atomic E-state index is 11.6. The quantitative estimate of drug-likeness (QED) is 0.600. The van der Waals surface area contributed by atoms with Gasteiger partial charge in [-0.2, -0.15) is 0 Å². The zero-order valence-corrected chi connectivity index (χ0v) is 8.36. The van der Waals surface area contributed by atoms with Crippen molar-refractivity contribution in [3.8, 4) is 0 Å². The maximum absolute atomic E-state index is 11.6. The van der Waals surface area contributed by atoms with Gasteiger partial charge < -0.3 is 0 Å². The minimum atomic E-state index is -2.11. The molecule has 0 spiro atoms. The summed E-state index contributed by atoms with van der Waals surface area (Å²) in [7, 11) is 0. The molecular formula is C9H11NOSe. The van der Waals surface area contributed by atoms with E-state index in [1.165, 1.54) is 6.08 Å². The molecule has 0 bridgehead atoms. The summed E-state index contributed by atoms with van der Waals surface area (Å²) in [5.41, 5.74) is 5.57. The van der Waals surface area contributed by atoms with Gasteiger partial charge in [0.1, 0.15) is 0 Å². The summed E-state index contributed by atoms with van der Waals surface area (Å²) < 4.78 is 12.4. The molecule has 0 aromatic heterocycles. The van der Waals surface area contributed by atoms with Crippen LogP contribution in [0.1, 0.15) is 0 Å². The van der Waals surface area contributed by atoms with Crippen LogP contribution in [0.5, 0.6) is 0 Å². The van der Waals surface area contributed by atoms with Crippen molar-refractivity contribution in [2.45, 2.75) is 4.94 Å². The van der Waals surface area contributed by atoms with Crippen molar-refractivity contribution in [2.75, 3.05) is 0 Å². The number of benzene rings is 1. The Kier molecular flexibility index (Phi) is 3.35. The summed E-state index contributed by atoms with van der Waals surface area (Å²) in [4.78, 5) is -0.382. The van der Waals surface area contributed by atoms with Gasteiger partial charge in [0.05, 0.1) is 0 Å². The third-order valence-corrected chi connectivity index (χ3v) is 4.44. The molecule has 0 aliphatic rings. The summed E-state index contributed by atoms with van der Waals surface area (Å²) in [6, 6.07) is 9.28. The molecule has 0 saturated carbocycles. The second-order valence-electron chi connectivity index (χ2n) is 2.31. The summed E-state index contributed by atoms with van der Waals surface area (Å²) in [6.45, 7) is 3.51. The molecule has 0 fully saturated rings. The Bertz CT molecular complexity index is 284. The van der Waals surface area contributed by atoms with E-state index in [0.29, 0.717) is 0 Å². The van der Waals surface area contributed by atoms with Crippen molar-refractivity contribution >= 4 is 18.3 Å². The molecule has 3 heteroatoms. The van der Waals surface area contributed by atoms with E-state index in [2.05, 4.69) is 6.58 Å². The molecule has 0 heterocycles. The predicted octanol–water partition coefficient (Wildman–Crippen LogP) is 0.368. The van der Waals surface area contributed by atoms with Gasteiger partial charge in [-0.3, -0.25) is 0 Å². The summed E-state index contributed by atoms with van der Waals surface area (Å²) in [5, 5.41) is 0. The monoisotopic (exact) mass is 229 g/mol. The van der Waals surface area contributed by atoms with E-state index in [0.717, 1.165) is 4.46 Å². The number of rotatable bonds is 3. The van der Waals surface area contributed by atoms with E-state index in [-0.39, 0.29) is 4.94 Å². The van der Waals surface area contributed by atoms with E-state index >= 15 is 0 Å². The molecule has 1 aromatic carbocycles. The predicted molar refractivity (Wildman–Crippen MR) is 50.7 cm³/mol. The third kappa shape index (κ3) is 2.11. The Balaban J connectivity index is 2.85. The van der Waals surface area contributed by atoms with Gasteiger partial charge in [-0.05, 0) is 0 Å². The van der Waals surface area contributed by atoms with Crippen LogP contribution < -0.4 is 10.2 Å². The van der Waals surface area contributed by atoms with E-state index in [1.54, 1.807) is 0 Å². The molecule has 0 amide bonds. The van der Waals surface area contributed by atoms with Crippen LogP contribution in [0.15, 0.2) is 43.0 Å². The first-order valence-corrected chi connectivity index (χ1v) is 6.14. The van der Waals surface area contributed by atoms with Crippen LogP contribution in [-0.4, -0.2) is 18.8 Å². The van der Waals surface area contributed by atoms with Crippen molar-refractivity contribution in [3.05, 3.63) is 43.0 Å². The molecule has 64 valence electrons. The molecule has 2 unspecified atom stereocenters. The Morgan fingerprint density at radius 1 is 1.42 bits per heavy atom. The van der Waals surface area contributed by atoms with Gasteiger partial charge in [0.15, 0.2) is 0 Å². The molecule has 0 aliphatic heterocycles. The van der Waals surface area contributed by atoms with E-state index in [1.807, 2.05) is 30.3 Å². The Hall–Kier alpha value is -0.761. The summed E-state index contributed by atoms with van der Waals surface area (Å²) in [5.74, 6) is 0. The second-order valence-corrected chi connectivity index (χ2v) is 5.69. The molecule has 0 saturated heterocycles. The van der Waals surface area contributed by atoms with Crippen molar-refractivity contribution in [1.82, 2.24) is 0 Å². The molecule has 12 heavy (non-hydrogen) atoms. The van der Waals surface area contributed by atoms with E-state index in [4.69, 9.17) is 5.73 Å². The Morgan fingerprint density at radius 2 is 2.00 bits per heavy atom. The van der Waals surface area contributed by atoms with Crippen LogP contribution in [0.4, 0.5) is 0 Å². The van der Waals surface area contributed by atoms with Crippen LogP contribution in [0.2, 0.25) is 0 Å². The molecule has 2 nitrogen and oxygen atoms in total. The Morgan fingerprint density at radius 3 is 2.50 bits per heavy atom. The first-order valence-electron chi connectivity index (χ1n) is 3.59. The van der Waals surface area contributed by atoms with Gasteiger partial charge in [0.25, 0.3) is 0 Å². The second kappa shape index (κ2) is 4.31. The normalized spacial score (nSPS) is 15.1. The van der Waals surface area contributed by atoms with Crippen molar-refractivity contribution in [3.63, 3.8) is 0 Å². The standard InChI is InChI=1S/C9H11NOSe/c1-2-9(10)12(11)8-6-4-3-5-7-8/h2-7,9H,1,10H2. The van der Waals surface area contributed by atoms with Gasteiger partial charge in [-0.1, -0.05) is 0 Å². The number of hydrogen-bond acceptors (Lipinski definition) is 2. The third-order valence-electron chi connectivity index (χ3n) is 1.46. The topological polar surface area (TPSA) is 43.1 Å². The van der Waals surface area contributed by atoms with Crippen LogP contribution in [0.3, 0.4) is 0 Å². The molecule has 2 atom stereocenters. The number of hydrogen-bond donors (Lipinski definition) is 1. The summed E-state index contributed by atoms with van der Waals surface area (Å²) in [6.07, 6.45) is 1.53. The van der Waals surface area contributed by atoms with E-state index in [9.17, 15) is 3.83 Å². The van der Waals surface area contributed by atoms with Crippen molar-refractivity contribution < 1.29 is 3.83 Å². The van der Waals surface area contributed by atoms with Crippen molar-refractivity contribution in [1.29, 1.82) is 0 Å². The van der Waals surface area contributed by atoms with Crippen LogP contribution in [0.25, 0.3) is 0 Å². The molecule has 0 radical (unpaired) electrons. The first-order chi connectivity index (χ1) is 5.75. The van der Waals surface area contributed by atoms with Gasteiger partial charge in [-0.25, -0.2) is 0 Å². The molecular weight excluding hydrogens is 217 g/mol. The fourth-order valence-corrected chi connectivity index (χ4v) is 2.72. The van der Waals surface area contributed by atoms with E-state index < -0.39 is 13.8 Å². The van der Waals surface area contributed by atoms with Crippen molar-refractivity contribution in [2.24, 2.45) is 5.73 Å². The van der Waals surface area contributed by atoms with Gasteiger partial charge >= 0.3 is 75.8 Å². The number of nitrogens with two attached hydrogens (primary N) is 1. The SMILES string of the molecule is C=CC(N)[Se](=O)c1ccccc1. The minimum absolute atomic E-state index is 0.382. The van der Waals surface area contributed by atoms with Gasteiger partial charge in [0.2, 0.25) is 0 Å². The average Bonchev–Trinajstić information content (AvgIpc) is 2.17. The van der Waals surface area contributed by atoms with Gasteiger partial charge in [-0.15, -0.1) is 0 Å². The zero-order chi connectivity index (χ0) is 8.97. The molecule has 0 aliphatic carbocycles.